The average molecular weight is 897 g/mol. The van der Waals surface area contributed by atoms with Crippen LogP contribution in [0.4, 0.5) is 0 Å². The summed E-state index contributed by atoms with van der Waals surface area (Å²) in [4.78, 5) is 25.3. The molecular weight excluding hydrogens is 804 g/mol. The van der Waals surface area contributed by atoms with Gasteiger partial charge in [-0.05, 0) is 89.9 Å². The maximum Gasteiger partial charge on any atom is 0.268 e. The van der Waals surface area contributed by atoms with Gasteiger partial charge in [0, 0.05) is 6.42 Å². The van der Waals surface area contributed by atoms with Gasteiger partial charge in [-0.15, -0.1) is 0 Å². The quantitative estimate of drug-likeness (QED) is 0.0273. The van der Waals surface area contributed by atoms with E-state index in [9.17, 15) is 19.4 Å². The number of likely N-dealkylation sites (N-methyl/N-ethyl adjacent to an activating group) is 1. The summed E-state index contributed by atoms with van der Waals surface area (Å²) in [5.41, 5.74) is 0. The third-order valence-electron chi connectivity index (χ3n) is 10.2. The fourth-order valence-electron chi connectivity index (χ4n) is 6.29. The summed E-state index contributed by atoms with van der Waals surface area (Å²) < 4.78 is 23.2. The summed E-state index contributed by atoms with van der Waals surface area (Å²) in [5, 5.41) is 13.7. The van der Waals surface area contributed by atoms with Crippen LogP contribution in [0.25, 0.3) is 0 Å². The maximum absolute atomic E-state index is 12.9. The number of hydrogen-bond donors (Lipinski definition) is 2. The number of phosphoric acid groups is 1. The highest BCUT2D eigenvalue weighted by molar-refractivity contribution is 7.45. The number of amides is 1. The largest absolute Gasteiger partial charge is 0.756 e. The van der Waals surface area contributed by atoms with Gasteiger partial charge in [-0.3, -0.25) is 9.36 Å². The highest BCUT2D eigenvalue weighted by atomic mass is 31.2. The van der Waals surface area contributed by atoms with Crippen molar-refractivity contribution in [2.45, 2.75) is 187 Å². The van der Waals surface area contributed by atoms with Crippen molar-refractivity contribution in [3.05, 3.63) is 109 Å². The number of rotatable bonds is 43. The van der Waals surface area contributed by atoms with E-state index in [1.54, 1.807) is 6.08 Å². The lowest BCUT2D eigenvalue weighted by Gasteiger charge is -2.29. The Bertz CT molecular complexity index is 1390. The van der Waals surface area contributed by atoms with E-state index in [0.29, 0.717) is 17.4 Å². The Hall–Kier alpha value is -2.84. The van der Waals surface area contributed by atoms with Crippen LogP contribution in [0.3, 0.4) is 0 Å². The van der Waals surface area contributed by atoms with Gasteiger partial charge in [0.2, 0.25) is 5.91 Å². The Morgan fingerprint density at radius 3 is 1.48 bits per heavy atom. The molecule has 0 aliphatic heterocycles. The summed E-state index contributed by atoms with van der Waals surface area (Å²) in [6.45, 7) is 4.42. The van der Waals surface area contributed by atoms with Crippen molar-refractivity contribution >= 4 is 13.7 Å². The lowest BCUT2D eigenvalue weighted by atomic mass is 10.0. The first kappa shape index (κ1) is 60.2. The number of nitrogens with one attached hydrogen (secondary N) is 1. The van der Waals surface area contributed by atoms with E-state index in [1.807, 2.05) is 27.2 Å². The minimum atomic E-state index is -4.61. The second-order valence-electron chi connectivity index (χ2n) is 17.4. The Balaban J connectivity index is 4.26. The molecule has 2 N–H and O–H groups in total. The molecule has 0 fully saturated rings. The molecule has 8 nitrogen and oxygen atoms in total. The molecule has 360 valence electrons. The summed E-state index contributed by atoms with van der Waals surface area (Å²) >= 11 is 0. The Labute approximate surface area is 387 Å². The SMILES string of the molecule is CC/C=C\C/C=C\C/C=C\C/C=C\C/C=C\C/C=C\CCCCCCCCCCCCC(=O)NC(COP(=O)([O-])OCC[N+](C)(C)C)C(O)/C=C/CC/C=C/CC/C=C/CCCC. The van der Waals surface area contributed by atoms with Crippen LogP contribution in [-0.2, 0) is 18.4 Å². The number of phosphoric ester groups is 1. The number of aliphatic hydroxyl groups excluding tert-OH is 1. The van der Waals surface area contributed by atoms with Crippen molar-refractivity contribution in [2.24, 2.45) is 0 Å². The molecule has 0 radical (unpaired) electrons. The van der Waals surface area contributed by atoms with Crippen molar-refractivity contribution in [1.29, 1.82) is 0 Å². The molecule has 9 heteroatoms. The van der Waals surface area contributed by atoms with Gasteiger partial charge in [-0.2, -0.15) is 0 Å². The van der Waals surface area contributed by atoms with E-state index in [4.69, 9.17) is 9.05 Å². The maximum atomic E-state index is 12.9. The summed E-state index contributed by atoms with van der Waals surface area (Å²) in [6, 6.07) is -0.918. The summed E-state index contributed by atoms with van der Waals surface area (Å²) in [5.74, 6) is -0.224. The molecule has 0 spiro atoms. The van der Waals surface area contributed by atoms with Gasteiger partial charge in [-0.1, -0.05) is 187 Å². The molecule has 1 amide bonds. The number of aliphatic hydroxyl groups is 1. The first-order valence-electron chi connectivity index (χ1n) is 24.7. The highest BCUT2D eigenvalue weighted by Gasteiger charge is 2.23. The molecule has 0 aliphatic carbocycles. The van der Waals surface area contributed by atoms with Gasteiger partial charge < -0.3 is 28.8 Å². The number of nitrogens with zero attached hydrogens (tertiary/aromatic N) is 1. The number of allylic oxidation sites excluding steroid dienone is 17. The monoisotopic (exact) mass is 897 g/mol. The molecular formula is C54H93N2O6P. The number of quaternary nitrogens is 1. The Kier molecular flexibility index (Phi) is 42.4. The van der Waals surface area contributed by atoms with Crippen LogP contribution in [0, 0.1) is 0 Å². The van der Waals surface area contributed by atoms with Gasteiger partial charge >= 0.3 is 0 Å². The van der Waals surface area contributed by atoms with Gasteiger partial charge in [0.1, 0.15) is 13.2 Å². The fourth-order valence-corrected chi connectivity index (χ4v) is 7.01. The molecule has 0 aromatic heterocycles. The second-order valence-corrected chi connectivity index (χ2v) is 18.8. The molecule has 0 saturated carbocycles. The van der Waals surface area contributed by atoms with Crippen LogP contribution in [0.15, 0.2) is 109 Å². The number of hydrogen-bond acceptors (Lipinski definition) is 6. The van der Waals surface area contributed by atoms with E-state index in [-0.39, 0.29) is 12.5 Å². The zero-order valence-electron chi connectivity index (χ0n) is 40.7. The van der Waals surface area contributed by atoms with Crippen molar-refractivity contribution in [3.8, 4) is 0 Å². The van der Waals surface area contributed by atoms with Gasteiger partial charge in [0.05, 0.1) is 39.9 Å². The minimum Gasteiger partial charge on any atom is -0.756 e. The van der Waals surface area contributed by atoms with E-state index >= 15 is 0 Å². The van der Waals surface area contributed by atoms with E-state index in [1.165, 1.54) is 51.4 Å². The van der Waals surface area contributed by atoms with Crippen LogP contribution in [0.5, 0.6) is 0 Å². The molecule has 3 unspecified atom stereocenters. The van der Waals surface area contributed by atoms with Crippen molar-refractivity contribution in [3.63, 3.8) is 0 Å². The number of carbonyl (C=O) groups excluding carboxylic acids is 1. The third-order valence-corrected chi connectivity index (χ3v) is 11.2. The van der Waals surface area contributed by atoms with Crippen LogP contribution in [-0.4, -0.2) is 68.5 Å². The first-order chi connectivity index (χ1) is 30.5. The Morgan fingerprint density at radius 1 is 0.571 bits per heavy atom. The molecule has 63 heavy (non-hydrogen) atoms. The van der Waals surface area contributed by atoms with Crippen molar-refractivity contribution in [2.75, 3.05) is 40.9 Å². The lowest BCUT2D eigenvalue weighted by molar-refractivity contribution is -0.870. The van der Waals surface area contributed by atoms with Gasteiger partial charge in [0.25, 0.3) is 7.82 Å². The zero-order chi connectivity index (χ0) is 46.4. The van der Waals surface area contributed by atoms with E-state index < -0.39 is 26.6 Å². The predicted molar refractivity (Wildman–Crippen MR) is 269 cm³/mol. The molecule has 0 aromatic rings. The minimum absolute atomic E-state index is 0.0157. The lowest BCUT2D eigenvalue weighted by Crippen LogP contribution is -2.45. The summed E-state index contributed by atoms with van der Waals surface area (Å²) in [7, 11) is 1.21. The normalized spacial score (nSPS) is 15.1. The van der Waals surface area contributed by atoms with Crippen LogP contribution >= 0.6 is 7.82 Å². The summed E-state index contributed by atoms with van der Waals surface area (Å²) in [6.07, 6.45) is 64.4. The van der Waals surface area contributed by atoms with Crippen molar-refractivity contribution < 1.29 is 32.9 Å². The molecule has 3 atom stereocenters. The predicted octanol–water partition coefficient (Wildman–Crippen LogP) is 13.8. The molecule has 0 rings (SSSR count). The molecule has 0 heterocycles. The Morgan fingerprint density at radius 2 is 0.984 bits per heavy atom. The van der Waals surface area contributed by atoms with Crippen LogP contribution < -0.4 is 10.2 Å². The van der Waals surface area contributed by atoms with Crippen LogP contribution in [0.2, 0.25) is 0 Å². The average Bonchev–Trinajstić information content (AvgIpc) is 3.24. The molecule has 0 bridgehead atoms. The topological polar surface area (TPSA) is 108 Å². The molecule has 0 aliphatic rings. The van der Waals surface area contributed by atoms with Gasteiger partial charge in [-0.25, -0.2) is 0 Å². The highest BCUT2D eigenvalue weighted by Crippen LogP contribution is 2.38. The van der Waals surface area contributed by atoms with Gasteiger partial charge in [0.15, 0.2) is 0 Å². The molecule has 0 aromatic carbocycles. The van der Waals surface area contributed by atoms with E-state index in [2.05, 4.69) is 116 Å². The number of unbranched alkanes of at least 4 members (excludes halogenated alkanes) is 14. The third kappa shape index (κ3) is 47.0. The fraction of sp³-hybridized carbons (Fsp3) is 0.648. The second kappa shape index (κ2) is 44.4. The smallest absolute Gasteiger partial charge is 0.268 e. The van der Waals surface area contributed by atoms with Crippen molar-refractivity contribution in [1.82, 2.24) is 5.32 Å². The first-order valence-corrected chi connectivity index (χ1v) is 26.2. The molecule has 0 saturated heterocycles. The zero-order valence-corrected chi connectivity index (χ0v) is 41.6. The van der Waals surface area contributed by atoms with Crippen LogP contribution in [0.1, 0.15) is 174 Å². The number of carbonyl (C=O) groups is 1. The standard InChI is InChI=1S/C54H93N2O6P/c1-6-8-10-12-14-16-18-20-21-22-23-24-25-26-27-28-29-30-31-32-33-34-35-36-38-40-42-44-46-48-54(58)55-52(51-62-63(59,60)61-50-49-56(3,4)5)53(57)47-45-43-41-39-37-19-17-15-13-11-9-7-2/h8,10,13-16,20-21,23-24,26-27,29-30,37,39,45,47,52-53,57H,6-7,9,11-12,17-19,22,25,28,31-36,38,40-44,46,48-51H2,1-5H3,(H-,55,58,59,60)/b10-8-,15-13+,16-14-,21-20-,24-23-,27-26-,30-29-,39-37+,47-45+. The van der Waals surface area contributed by atoms with E-state index in [0.717, 1.165) is 103 Å².